The van der Waals surface area contributed by atoms with Gasteiger partial charge in [-0.25, -0.2) is 0 Å². The predicted molar refractivity (Wildman–Crippen MR) is 249 cm³/mol. The van der Waals surface area contributed by atoms with Crippen molar-refractivity contribution in [1.29, 1.82) is 0 Å². The van der Waals surface area contributed by atoms with E-state index in [1.165, 1.54) is 54.8 Å². The van der Waals surface area contributed by atoms with Crippen LogP contribution in [-0.2, 0) is 0 Å². The first-order chi connectivity index (χ1) is 29.2. The van der Waals surface area contributed by atoms with E-state index in [-0.39, 0.29) is 0 Å². The molecule has 0 aliphatic carbocycles. The fourth-order valence-electron chi connectivity index (χ4n) is 9.17. The van der Waals surface area contributed by atoms with Crippen LogP contribution in [0.4, 0.5) is 17.1 Å². The minimum absolute atomic E-state index is 0.911. The molecular weight excluding hydrogens is 717 g/mol. The van der Waals surface area contributed by atoms with Gasteiger partial charge in [-0.3, -0.25) is 0 Å². The second kappa shape index (κ2) is 13.4. The third-order valence-corrected chi connectivity index (χ3v) is 12.0. The molecule has 0 unspecified atom stereocenters. The Morgan fingerprint density at radius 2 is 0.881 bits per heavy atom. The van der Waals surface area contributed by atoms with Crippen molar-refractivity contribution in [1.82, 2.24) is 4.57 Å². The van der Waals surface area contributed by atoms with Crippen molar-refractivity contribution in [3.05, 3.63) is 218 Å². The summed E-state index contributed by atoms with van der Waals surface area (Å²) in [6.07, 6.45) is 0. The standard InChI is InChI=1S/C56H36N2O/c1-2-11-37(12-3-1)40-13-10-14-41(35-40)38-23-26-43(27-24-38)57(44-28-30-45(31-29-44)58-52-18-7-4-15-48(52)49-16-5-8-19-53(49)58)46-32-34-47-42(36-46)22-21-39-25-33-51-50-17-6-9-20-54(50)59-56(51)55(39)47/h1-36H. The third-order valence-electron chi connectivity index (χ3n) is 12.0. The zero-order valence-electron chi connectivity index (χ0n) is 32.1. The van der Waals surface area contributed by atoms with Crippen LogP contribution in [0.1, 0.15) is 0 Å². The van der Waals surface area contributed by atoms with Crippen LogP contribution < -0.4 is 4.90 Å². The summed E-state index contributed by atoms with van der Waals surface area (Å²) in [5, 5.41) is 9.44. The van der Waals surface area contributed by atoms with Gasteiger partial charge in [0.1, 0.15) is 11.2 Å². The molecule has 0 bridgehead atoms. The molecule has 0 fully saturated rings. The fraction of sp³-hybridized carbons (Fsp3) is 0. The first kappa shape index (κ1) is 33.3. The van der Waals surface area contributed by atoms with Gasteiger partial charge in [-0.15, -0.1) is 0 Å². The highest BCUT2D eigenvalue weighted by Crippen LogP contribution is 2.42. The summed E-state index contributed by atoms with van der Waals surface area (Å²) in [5.41, 5.74) is 13.4. The van der Waals surface area contributed by atoms with E-state index in [9.17, 15) is 0 Å². The van der Waals surface area contributed by atoms with E-state index in [4.69, 9.17) is 4.42 Å². The van der Waals surface area contributed by atoms with Gasteiger partial charge in [0.2, 0.25) is 0 Å². The summed E-state index contributed by atoms with van der Waals surface area (Å²) < 4.78 is 8.93. The van der Waals surface area contributed by atoms with Crippen molar-refractivity contribution in [3.63, 3.8) is 0 Å². The van der Waals surface area contributed by atoms with Crippen molar-refractivity contribution in [2.75, 3.05) is 4.90 Å². The Bertz CT molecular complexity index is 3490. The molecule has 12 rings (SSSR count). The normalized spacial score (nSPS) is 11.7. The highest BCUT2D eigenvalue weighted by molar-refractivity contribution is 6.23. The van der Waals surface area contributed by atoms with Gasteiger partial charge in [0.05, 0.1) is 11.0 Å². The van der Waals surface area contributed by atoms with Gasteiger partial charge in [-0.1, -0.05) is 140 Å². The summed E-state index contributed by atoms with van der Waals surface area (Å²) in [7, 11) is 0. The monoisotopic (exact) mass is 752 g/mol. The number of rotatable bonds is 6. The molecule has 0 aliphatic heterocycles. The van der Waals surface area contributed by atoms with Gasteiger partial charge in [-0.2, -0.15) is 0 Å². The molecule has 10 aromatic carbocycles. The predicted octanol–water partition coefficient (Wildman–Crippen LogP) is 15.8. The van der Waals surface area contributed by atoms with Crippen LogP contribution in [-0.4, -0.2) is 4.57 Å². The minimum atomic E-state index is 0.911. The fourth-order valence-corrected chi connectivity index (χ4v) is 9.17. The Labute approximate surface area is 341 Å². The van der Waals surface area contributed by atoms with Crippen LogP contribution in [0.15, 0.2) is 223 Å². The van der Waals surface area contributed by atoms with E-state index < -0.39 is 0 Å². The molecule has 0 N–H and O–H groups in total. The number of furan rings is 1. The topological polar surface area (TPSA) is 21.3 Å². The molecule has 0 spiro atoms. The Morgan fingerprint density at radius 1 is 0.339 bits per heavy atom. The van der Waals surface area contributed by atoms with Crippen LogP contribution in [0.25, 0.3) is 93.2 Å². The molecule has 2 heterocycles. The van der Waals surface area contributed by atoms with Crippen molar-refractivity contribution in [3.8, 4) is 27.9 Å². The average Bonchev–Trinajstić information content (AvgIpc) is 3.86. The third kappa shape index (κ3) is 5.44. The smallest absolute Gasteiger partial charge is 0.143 e. The number of para-hydroxylation sites is 3. The molecular formula is C56H36N2O. The van der Waals surface area contributed by atoms with Crippen LogP contribution in [0.5, 0.6) is 0 Å². The quantitative estimate of drug-likeness (QED) is 0.158. The van der Waals surface area contributed by atoms with Gasteiger partial charge in [0, 0.05) is 49.7 Å². The maximum absolute atomic E-state index is 6.55. The first-order valence-electron chi connectivity index (χ1n) is 20.2. The molecule has 0 aliphatic rings. The molecule has 0 saturated carbocycles. The van der Waals surface area contributed by atoms with Crippen LogP contribution in [0.2, 0.25) is 0 Å². The summed E-state index contributed by atoms with van der Waals surface area (Å²) in [4.78, 5) is 2.37. The molecule has 0 atom stereocenters. The first-order valence-corrected chi connectivity index (χ1v) is 20.2. The zero-order valence-corrected chi connectivity index (χ0v) is 32.1. The summed E-state index contributed by atoms with van der Waals surface area (Å²) >= 11 is 0. The molecule has 3 heteroatoms. The Morgan fingerprint density at radius 3 is 1.61 bits per heavy atom. The van der Waals surface area contributed by atoms with E-state index in [0.717, 1.165) is 55.5 Å². The van der Waals surface area contributed by atoms with Crippen LogP contribution in [0.3, 0.4) is 0 Å². The van der Waals surface area contributed by atoms with Crippen molar-refractivity contribution in [2.45, 2.75) is 0 Å². The lowest BCUT2D eigenvalue weighted by molar-refractivity contribution is 0.673. The number of benzene rings is 10. The summed E-state index contributed by atoms with van der Waals surface area (Å²) in [6, 6.07) is 78.7. The van der Waals surface area contributed by atoms with Gasteiger partial charge < -0.3 is 13.9 Å². The second-order valence-corrected chi connectivity index (χ2v) is 15.3. The molecule has 0 radical (unpaired) electrons. The van der Waals surface area contributed by atoms with Crippen molar-refractivity contribution in [2.24, 2.45) is 0 Å². The van der Waals surface area contributed by atoms with E-state index in [2.05, 4.69) is 222 Å². The van der Waals surface area contributed by atoms with E-state index in [1.54, 1.807) is 0 Å². The summed E-state index contributed by atoms with van der Waals surface area (Å²) in [5.74, 6) is 0. The lowest BCUT2D eigenvalue weighted by atomic mass is 9.98. The van der Waals surface area contributed by atoms with Crippen LogP contribution in [0, 0.1) is 0 Å². The lowest BCUT2D eigenvalue weighted by Crippen LogP contribution is -2.10. The Kier molecular flexibility index (Phi) is 7.54. The maximum Gasteiger partial charge on any atom is 0.143 e. The molecule has 59 heavy (non-hydrogen) atoms. The molecule has 3 nitrogen and oxygen atoms in total. The number of hydrogen-bond donors (Lipinski definition) is 0. The largest absolute Gasteiger partial charge is 0.455 e. The number of fused-ring (bicyclic) bond motifs is 10. The molecule has 12 aromatic rings. The Balaban J connectivity index is 0.998. The van der Waals surface area contributed by atoms with Crippen molar-refractivity contribution < 1.29 is 4.42 Å². The van der Waals surface area contributed by atoms with Gasteiger partial charge in [0.25, 0.3) is 0 Å². The van der Waals surface area contributed by atoms with E-state index in [1.807, 2.05) is 6.07 Å². The molecule has 2 aromatic heterocycles. The average molecular weight is 753 g/mol. The number of nitrogens with zero attached hydrogens (tertiary/aromatic N) is 2. The Hall–Kier alpha value is -7.88. The highest BCUT2D eigenvalue weighted by atomic mass is 16.3. The SMILES string of the molecule is c1ccc(-c2cccc(-c3ccc(N(c4ccc(-n5c6ccccc6c6ccccc65)cc4)c4ccc5c(ccc6ccc7c8ccccc8oc7c65)c4)cc3)c2)cc1. The summed E-state index contributed by atoms with van der Waals surface area (Å²) in [6.45, 7) is 0. The number of anilines is 3. The van der Waals surface area contributed by atoms with Gasteiger partial charge in [-0.05, 0) is 117 Å². The van der Waals surface area contributed by atoms with Gasteiger partial charge >= 0.3 is 0 Å². The second-order valence-electron chi connectivity index (χ2n) is 15.3. The van der Waals surface area contributed by atoms with E-state index >= 15 is 0 Å². The lowest BCUT2D eigenvalue weighted by Gasteiger charge is -2.26. The molecule has 276 valence electrons. The maximum atomic E-state index is 6.55. The molecule has 0 saturated heterocycles. The minimum Gasteiger partial charge on any atom is -0.455 e. The van der Waals surface area contributed by atoms with Gasteiger partial charge in [0.15, 0.2) is 0 Å². The van der Waals surface area contributed by atoms with Crippen molar-refractivity contribution >= 4 is 82.4 Å². The number of aromatic nitrogens is 1. The van der Waals surface area contributed by atoms with E-state index in [0.29, 0.717) is 0 Å². The zero-order chi connectivity index (χ0) is 38.9. The number of hydrogen-bond acceptors (Lipinski definition) is 2. The van der Waals surface area contributed by atoms with Crippen LogP contribution >= 0.6 is 0 Å². The molecule has 0 amide bonds. The highest BCUT2D eigenvalue weighted by Gasteiger charge is 2.18.